The van der Waals surface area contributed by atoms with Crippen molar-refractivity contribution < 1.29 is 13.2 Å². The van der Waals surface area contributed by atoms with Crippen LogP contribution in [0.25, 0.3) is 0 Å². The standard InChI is InChI=1S/C14H19N3O3S/c1-3-21(18,19)11-13-10-17(16-15-13)8-9-20-14-6-4-12(2)5-7-14/h4-7,10H,3,8-9,11H2,1-2H3. The Morgan fingerprint density at radius 1 is 1.24 bits per heavy atom. The van der Waals surface area contributed by atoms with Crippen LogP contribution in [0.3, 0.4) is 0 Å². The highest BCUT2D eigenvalue weighted by Gasteiger charge is 2.12. The van der Waals surface area contributed by atoms with Crippen molar-refractivity contribution in [3.63, 3.8) is 0 Å². The van der Waals surface area contributed by atoms with Crippen molar-refractivity contribution in [1.29, 1.82) is 0 Å². The van der Waals surface area contributed by atoms with E-state index >= 15 is 0 Å². The van der Waals surface area contributed by atoms with Crippen LogP contribution in [-0.2, 0) is 22.1 Å². The number of hydrogen-bond acceptors (Lipinski definition) is 5. The molecular weight excluding hydrogens is 290 g/mol. The third kappa shape index (κ3) is 4.86. The van der Waals surface area contributed by atoms with Crippen molar-refractivity contribution in [2.45, 2.75) is 26.1 Å². The van der Waals surface area contributed by atoms with Crippen molar-refractivity contribution in [3.8, 4) is 5.75 Å². The Morgan fingerprint density at radius 2 is 1.95 bits per heavy atom. The molecule has 0 atom stereocenters. The Labute approximate surface area is 124 Å². The minimum atomic E-state index is -3.07. The maximum atomic E-state index is 11.5. The van der Waals surface area contributed by atoms with Crippen molar-refractivity contribution in [2.75, 3.05) is 12.4 Å². The number of aromatic nitrogens is 3. The number of nitrogens with zero attached hydrogens (tertiary/aromatic N) is 3. The maximum Gasteiger partial charge on any atom is 0.155 e. The lowest BCUT2D eigenvalue weighted by atomic mass is 10.2. The number of ether oxygens (including phenoxy) is 1. The molecule has 0 bridgehead atoms. The number of sulfone groups is 1. The van der Waals surface area contributed by atoms with Crippen LogP contribution in [-0.4, -0.2) is 35.8 Å². The van der Waals surface area contributed by atoms with Crippen molar-refractivity contribution in [3.05, 3.63) is 41.7 Å². The molecule has 0 saturated carbocycles. The van der Waals surface area contributed by atoms with Gasteiger partial charge in [0, 0.05) is 11.9 Å². The van der Waals surface area contributed by atoms with E-state index in [1.165, 1.54) is 5.56 Å². The maximum absolute atomic E-state index is 11.5. The van der Waals surface area contributed by atoms with E-state index in [9.17, 15) is 8.42 Å². The van der Waals surface area contributed by atoms with E-state index < -0.39 is 9.84 Å². The summed E-state index contributed by atoms with van der Waals surface area (Å²) in [5, 5.41) is 7.77. The SMILES string of the molecule is CCS(=O)(=O)Cc1cn(CCOc2ccc(C)cc2)nn1. The molecule has 114 valence electrons. The van der Waals surface area contributed by atoms with E-state index in [2.05, 4.69) is 10.3 Å². The van der Waals surface area contributed by atoms with Crippen molar-refractivity contribution in [2.24, 2.45) is 0 Å². The van der Waals surface area contributed by atoms with Crippen molar-refractivity contribution in [1.82, 2.24) is 15.0 Å². The van der Waals surface area contributed by atoms with Gasteiger partial charge < -0.3 is 4.74 Å². The average Bonchev–Trinajstić information content (AvgIpc) is 2.88. The van der Waals surface area contributed by atoms with Crippen LogP contribution < -0.4 is 4.74 Å². The van der Waals surface area contributed by atoms with Gasteiger partial charge in [0.1, 0.15) is 12.4 Å². The lowest BCUT2D eigenvalue weighted by Gasteiger charge is -2.05. The fraction of sp³-hybridized carbons (Fsp3) is 0.429. The fourth-order valence-corrected chi connectivity index (χ4v) is 2.52. The predicted octanol–water partition coefficient (Wildman–Crippen LogP) is 1.60. The second kappa shape index (κ2) is 6.71. The summed E-state index contributed by atoms with van der Waals surface area (Å²) in [5.41, 5.74) is 1.65. The first kappa shape index (κ1) is 15.5. The van der Waals surface area contributed by atoms with E-state index in [1.54, 1.807) is 17.8 Å². The normalized spacial score (nSPS) is 11.5. The molecule has 0 aliphatic heterocycles. The molecule has 0 N–H and O–H groups in total. The van der Waals surface area contributed by atoms with Crippen LogP contribution in [0.15, 0.2) is 30.5 Å². The van der Waals surface area contributed by atoms with Crippen LogP contribution in [0.5, 0.6) is 5.75 Å². The van der Waals surface area contributed by atoms with E-state index in [4.69, 9.17) is 4.74 Å². The summed E-state index contributed by atoms with van der Waals surface area (Å²) in [7, 11) is -3.07. The Bertz CT molecular complexity index is 678. The summed E-state index contributed by atoms with van der Waals surface area (Å²) in [6.45, 7) is 4.61. The second-order valence-corrected chi connectivity index (χ2v) is 7.16. The molecular formula is C14H19N3O3S. The third-order valence-electron chi connectivity index (χ3n) is 3.00. The fourth-order valence-electron chi connectivity index (χ4n) is 1.73. The zero-order valence-corrected chi connectivity index (χ0v) is 13.0. The van der Waals surface area contributed by atoms with Gasteiger partial charge in [0.05, 0.1) is 18.0 Å². The van der Waals surface area contributed by atoms with Gasteiger partial charge in [-0.05, 0) is 19.1 Å². The lowest BCUT2D eigenvalue weighted by Crippen LogP contribution is -2.09. The summed E-state index contributed by atoms with van der Waals surface area (Å²) in [5.74, 6) is 0.841. The molecule has 1 aromatic carbocycles. The van der Waals surface area contributed by atoms with Crippen LogP contribution in [0.4, 0.5) is 0 Å². The van der Waals surface area contributed by atoms with Gasteiger partial charge in [-0.1, -0.05) is 29.8 Å². The molecule has 21 heavy (non-hydrogen) atoms. The Balaban J connectivity index is 1.84. The molecule has 7 heteroatoms. The molecule has 1 heterocycles. The van der Waals surface area contributed by atoms with Crippen LogP contribution in [0, 0.1) is 6.92 Å². The monoisotopic (exact) mass is 309 g/mol. The summed E-state index contributed by atoms with van der Waals surface area (Å²) >= 11 is 0. The molecule has 0 spiro atoms. The van der Waals surface area contributed by atoms with E-state index in [0.29, 0.717) is 18.8 Å². The molecule has 0 saturated heterocycles. The molecule has 2 aromatic rings. The van der Waals surface area contributed by atoms with E-state index in [0.717, 1.165) is 5.75 Å². The predicted molar refractivity (Wildman–Crippen MR) is 79.9 cm³/mol. The van der Waals surface area contributed by atoms with Gasteiger partial charge in [-0.3, -0.25) is 0 Å². The van der Waals surface area contributed by atoms with Gasteiger partial charge in [-0.2, -0.15) is 0 Å². The van der Waals surface area contributed by atoms with Gasteiger partial charge in [0.2, 0.25) is 0 Å². The van der Waals surface area contributed by atoms with E-state index in [1.807, 2.05) is 31.2 Å². The Kier molecular flexibility index (Phi) is 4.95. The molecule has 0 aliphatic rings. The highest BCUT2D eigenvalue weighted by Crippen LogP contribution is 2.11. The highest BCUT2D eigenvalue weighted by molar-refractivity contribution is 7.90. The molecule has 2 rings (SSSR count). The lowest BCUT2D eigenvalue weighted by molar-refractivity contribution is 0.289. The molecule has 0 amide bonds. The van der Waals surface area contributed by atoms with Crippen molar-refractivity contribution >= 4 is 9.84 Å². The Hall–Kier alpha value is -1.89. The summed E-state index contributed by atoms with van der Waals surface area (Å²) in [6.07, 6.45) is 1.64. The molecule has 0 fully saturated rings. The van der Waals surface area contributed by atoms with Gasteiger partial charge in [-0.25, -0.2) is 13.1 Å². The first-order chi connectivity index (χ1) is 9.98. The Morgan fingerprint density at radius 3 is 2.62 bits per heavy atom. The molecule has 0 unspecified atom stereocenters. The minimum Gasteiger partial charge on any atom is -0.492 e. The van der Waals surface area contributed by atoms with Crippen LogP contribution in [0.1, 0.15) is 18.2 Å². The summed E-state index contributed by atoms with van der Waals surface area (Å²) < 4.78 is 30.2. The summed E-state index contributed by atoms with van der Waals surface area (Å²) in [4.78, 5) is 0. The zero-order valence-electron chi connectivity index (χ0n) is 12.2. The zero-order chi connectivity index (χ0) is 15.3. The first-order valence-electron chi connectivity index (χ1n) is 6.77. The first-order valence-corrected chi connectivity index (χ1v) is 8.59. The average molecular weight is 309 g/mol. The third-order valence-corrected chi connectivity index (χ3v) is 4.62. The molecule has 0 radical (unpaired) electrons. The quantitative estimate of drug-likeness (QED) is 0.776. The second-order valence-electron chi connectivity index (χ2n) is 4.81. The highest BCUT2D eigenvalue weighted by atomic mass is 32.2. The largest absolute Gasteiger partial charge is 0.492 e. The molecule has 0 aliphatic carbocycles. The number of rotatable bonds is 7. The van der Waals surface area contributed by atoms with Gasteiger partial charge >= 0.3 is 0 Å². The van der Waals surface area contributed by atoms with Crippen LogP contribution in [0.2, 0.25) is 0 Å². The molecule has 6 nitrogen and oxygen atoms in total. The van der Waals surface area contributed by atoms with Crippen LogP contribution >= 0.6 is 0 Å². The minimum absolute atomic E-state index is 0.0671. The van der Waals surface area contributed by atoms with E-state index in [-0.39, 0.29) is 11.5 Å². The summed E-state index contributed by atoms with van der Waals surface area (Å²) in [6, 6.07) is 7.79. The topological polar surface area (TPSA) is 74.1 Å². The van der Waals surface area contributed by atoms with Gasteiger partial charge in [0.15, 0.2) is 9.84 Å². The number of benzene rings is 1. The number of hydrogen-bond donors (Lipinski definition) is 0. The van der Waals surface area contributed by atoms with Gasteiger partial charge in [-0.15, -0.1) is 5.10 Å². The smallest absolute Gasteiger partial charge is 0.155 e. The molecule has 1 aromatic heterocycles. The number of aryl methyl sites for hydroxylation is 1. The van der Waals surface area contributed by atoms with Gasteiger partial charge in [0.25, 0.3) is 0 Å².